The molecule has 0 unspecified atom stereocenters. The molecule has 0 aromatic heterocycles. The Balaban J connectivity index is 2.45. The van der Waals surface area contributed by atoms with Crippen molar-refractivity contribution in [1.29, 1.82) is 0 Å². The summed E-state index contributed by atoms with van der Waals surface area (Å²) in [7, 11) is 0. The van der Waals surface area contributed by atoms with Gasteiger partial charge in [-0.3, -0.25) is 4.99 Å². The van der Waals surface area contributed by atoms with Crippen LogP contribution in [0.4, 0.5) is 0 Å². The van der Waals surface area contributed by atoms with Gasteiger partial charge in [-0.2, -0.15) is 0 Å². The van der Waals surface area contributed by atoms with Gasteiger partial charge in [-0.05, 0) is 15.9 Å². The van der Waals surface area contributed by atoms with Gasteiger partial charge in [-0.25, -0.2) is 0 Å². The van der Waals surface area contributed by atoms with E-state index in [9.17, 15) is 0 Å². The van der Waals surface area contributed by atoms with E-state index in [1.165, 1.54) is 0 Å². The topological polar surface area (TPSA) is 12.4 Å². The molecule has 1 nitrogen and oxygen atoms in total. The number of halogens is 1. The lowest BCUT2D eigenvalue weighted by molar-refractivity contribution is 1.18. The minimum atomic E-state index is 0.991. The smallest absolute Gasteiger partial charge is 0.134 e. The van der Waals surface area contributed by atoms with Crippen LogP contribution in [0.2, 0.25) is 0 Å². The fraction of sp³-hybridized carbons (Fsp3) is 0.667. The van der Waals surface area contributed by atoms with Crippen LogP contribution in [-0.2, 0) is 0 Å². The first-order valence-electron chi connectivity index (χ1n) is 1.72. The van der Waals surface area contributed by atoms with E-state index in [1.54, 1.807) is 11.8 Å². The molecule has 3 heteroatoms. The van der Waals surface area contributed by atoms with Crippen LogP contribution < -0.4 is 0 Å². The van der Waals surface area contributed by atoms with Crippen LogP contribution >= 0.6 is 27.7 Å². The summed E-state index contributed by atoms with van der Waals surface area (Å²) < 4.78 is 1.06. The fourth-order valence-electron chi connectivity index (χ4n) is 0.309. The van der Waals surface area contributed by atoms with Gasteiger partial charge >= 0.3 is 0 Å². The number of thioether (sulfide) groups is 1. The molecule has 0 atom stereocenters. The van der Waals surface area contributed by atoms with Gasteiger partial charge < -0.3 is 0 Å². The minimum Gasteiger partial charge on any atom is -0.270 e. The molecule has 6 heavy (non-hydrogen) atoms. The van der Waals surface area contributed by atoms with E-state index < -0.39 is 0 Å². The van der Waals surface area contributed by atoms with Crippen LogP contribution in [0.15, 0.2) is 4.99 Å². The highest BCUT2D eigenvalue weighted by atomic mass is 79.9. The monoisotopic (exact) mass is 165 g/mol. The van der Waals surface area contributed by atoms with E-state index in [0.717, 1.165) is 16.3 Å². The maximum Gasteiger partial charge on any atom is 0.134 e. The SMILES string of the molecule is BrC1=NCCS1. The molecule has 0 bridgehead atoms. The van der Waals surface area contributed by atoms with Crippen molar-refractivity contribution in [2.24, 2.45) is 4.99 Å². The van der Waals surface area contributed by atoms with Crippen LogP contribution in [0, 0.1) is 0 Å². The van der Waals surface area contributed by atoms with Crippen molar-refractivity contribution < 1.29 is 0 Å². The van der Waals surface area contributed by atoms with Gasteiger partial charge in [-0.15, -0.1) is 0 Å². The third kappa shape index (κ3) is 0.980. The third-order valence-electron chi connectivity index (χ3n) is 0.549. The van der Waals surface area contributed by atoms with Crippen molar-refractivity contribution in [2.75, 3.05) is 12.3 Å². The average molecular weight is 166 g/mol. The van der Waals surface area contributed by atoms with Crippen molar-refractivity contribution in [3.63, 3.8) is 0 Å². The third-order valence-corrected chi connectivity index (χ3v) is 2.24. The van der Waals surface area contributed by atoms with Gasteiger partial charge in [0.05, 0.1) is 6.54 Å². The normalized spacial score (nSPS) is 21.2. The Morgan fingerprint density at radius 3 is 2.83 bits per heavy atom. The van der Waals surface area contributed by atoms with Crippen LogP contribution in [0.1, 0.15) is 0 Å². The van der Waals surface area contributed by atoms with Crippen molar-refractivity contribution in [1.82, 2.24) is 0 Å². The molecular weight excluding hydrogens is 162 g/mol. The van der Waals surface area contributed by atoms with E-state index in [0.29, 0.717) is 0 Å². The number of hydrogen-bond acceptors (Lipinski definition) is 2. The predicted molar refractivity (Wildman–Crippen MR) is 33.7 cm³/mol. The second-order valence-corrected chi connectivity index (χ2v) is 3.34. The number of rotatable bonds is 0. The Morgan fingerprint density at radius 2 is 2.67 bits per heavy atom. The minimum absolute atomic E-state index is 0.991. The highest BCUT2D eigenvalue weighted by Gasteiger charge is 1.99. The first-order valence-corrected chi connectivity index (χ1v) is 3.50. The Kier molecular flexibility index (Phi) is 1.54. The summed E-state index contributed by atoms with van der Waals surface area (Å²) in [5, 5.41) is 0. The molecule has 1 rings (SSSR count). The molecule has 0 saturated heterocycles. The van der Waals surface area contributed by atoms with E-state index >= 15 is 0 Å². The van der Waals surface area contributed by atoms with Gasteiger partial charge in [0, 0.05) is 5.75 Å². The largest absolute Gasteiger partial charge is 0.270 e. The van der Waals surface area contributed by atoms with Crippen molar-refractivity contribution in [3.05, 3.63) is 0 Å². The zero-order chi connectivity index (χ0) is 4.41. The zero-order valence-corrected chi connectivity index (χ0v) is 5.55. The quantitative estimate of drug-likeness (QED) is 0.530. The molecule has 0 fully saturated rings. The molecule has 0 aromatic rings. The number of hydrogen-bond donors (Lipinski definition) is 0. The lowest BCUT2D eigenvalue weighted by Crippen LogP contribution is -1.69. The Bertz CT molecular complexity index is 80.9. The Labute approximate surface area is 49.3 Å². The summed E-state index contributed by atoms with van der Waals surface area (Å²) >= 11 is 5.02. The van der Waals surface area contributed by atoms with Crippen LogP contribution in [0.5, 0.6) is 0 Å². The van der Waals surface area contributed by atoms with Crippen LogP contribution in [-0.4, -0.2) is 16.3 Å². The van der Waals surface area contributed by atoms with Gasteiger partial charge in [0.2, 0.25) is 0 Å². The van der Waals surface area contributed by atoms with Gasteiger partial charge in [-0.1, -0.05) is 11.8 Å². The molecule has 0 aromatic carbocycles. The number of nitrogens with zero attached hydrogens (tertiary/aromatic N) is 1. The molecule has 1 aliphatic heterocycles. The first-order chi connectivity index (χ1) is 2.89. The highest BCUT2D eigenvalue weighted by molar-refractivity contribution is 9.22. The molecular formula is C3H4BrNS. The molecule has 0 aliphatic carbocycles. The Morgan fingerprint density at radius 1 is 1.83 bits per heavy atom. The standard InChI is InChI=1S/C3H4BrNS/c4-3-5-1-2-6-3/h1-2H2. The predicted octanol–water partition coefficient (Wildman–Crippen LogP) is 1.48. The van der Waals surface area contributed by atoms with Gasteiger partial charge in [0.1, 0.15) is 3.95 Å². The van der Waals surface area contributed by atoms with Crippen molar-refractivity contribution in [3.8, 4) is 0 Å². The molecule has 34 valence electrons. The summed E-state index contributed by atoms with van der Waals surface area (Å²) in [5.41, 5.74) is 0. The molecule has 0 spiro atoms. The fourth-order valence-corrected chi connectivity index (χ4v) is 1.51. The summed E-state index contributed by atoms with van der Waals surface area (Å²) in [6, 6.07) is 0. The lowest BCUT2D eigenvalue weighted by Gasteiger charge is -1.74. The molecule has 0 amide bonds. The van der Waals surface area contributed by atoms with E-state index in [2.05, 4.69) is 20.9 Å². The summed E-state index contributed by atoms with van der Waals surface area (Å²) in [6.07, 6.45) is 0. The lowest BCUT2D eigenvalue weighted by atomic mass is 10.8. The average Bonchev–Trinajstić information content (AvgIpc) is 1.86. The van der Waals surface area contributed by atoms with Crippen LogP contribution in [0.3, 0.4) is 0 Å². The molecule has 1 aliphatic rings. The zero-order valence-electron chi connectivity index (χ0n) is 3.15. The van der Waals surface area contributed by atoms with E-state index in [1.807, 2.05) is 0 Å². The summed E-state index contributed by atoms with van der Waals surface area (Å²) in [4.78, 5) is 4.03. The molecule has 1 heterocycles. The first kappa shape index (κ1) is 4.65. The summed E-state index contributed by atoms with van der Waals surface area (Å²) in [5.74, 6) is 1.15. The summed E-state index contributed by atoms with van der Waals surface area (Å²) in [6.45, 7) is 0.991. The second kappa shape index (κ2) is 1.98. The Hall–Kier alpha value is 0.500. The molecule has 0 saturated carbocycles. The molecule has 0 N–H and O–H groups in total. The molecule has 0 radical (unpaired) electrons. The van der Waals surface area contributed by atoms with Gasteiger partial charge in [0.25, 0.3) is 0 Å². The van der Waals surface area contributed by atoms with E-state index in [4.69, 9.17) is 0 Å². The van der Waals surface area contributed by atoms with Crippen molar-refractivity contribution in [2.45, 2.75) is 0 Å². The van der Waals surface area contributed by atoms with Crippen molar-refractivity contribution >= 4 is 31.6 Å². The van der Waals surface area contributed by atoms with E-state index in [-0.39, 0.29) is 0 Å². The maximum absolute atomic E-state index is 4.03. The van der Waals surface area contributed by atoms with Gasteiger partial charge in [0.15, 0.2) is 0 Å². The second-order valence-electron chi connectivity index (χ2n) is 0.983. The van der Waals surface area contributed by atoms with Crippen LogP contribution in [0.25, 0.3) is 0 Å². The highest BCUT2D eigenvalue weighted by Crippen LogP contribution is 2.15. The maximum atomic E-state index is 4.03. The number of aliphatic imine (C=N–C) groups is 1.